The largest absolute Gasteiger partial charge is 0.368 e. The number of aryl methyl sites for hydroxylation is 1. The highest BCUT2D eigenvalue weighted by Crippen LogP contribution is 2.26. The number of hydrogen-bond donors (Lipinski definition) is 0. The Kier molecular flexibility index (Phi) is 3.78. The van der Waals surface area contributed by atoms with Crippen molar-refractivity contribution in [3.8, 4) is 0 Å². The summed E-state index contributed by atoms with van der Waals surface area (Å²) in [6, 6.07) is 10.4. The molecular weight excluding hydrogens is 338 g/mol. The van der Waals surface area contributed by atoms with E-state index >= 15 is 0 Å². The molecule has 4 aromatic rings. The van der Waals surface area contributed by atoms with Gasteiger partial charge in [-0.05, 0) is 37.3 Å². The lowest BCUT2D eigenvalue weighted by atomic mass is 10.2. The SMILES string of the molecule is Cc1nc(N2CCN(c3ccc4ncncc4c3)CC2)c2cccnc2n1. The Morgan fingerprint density at radius 3 is 2.67 bits per heavy atom. The molecule has 5 rings (SSSR count). The van der Waals surface area contributed by atoms with Crippen LogP contribution in [0.3, 0.4) is 0 Å². The van der Waals surface area contributed by atoms with Crippen molar-refractivity contribution in [2.75, 3.05) is 36.0 Å². The van der Waals surface area contributed by atoms with Gasteiger partial charge in [0.25, 0.3) is 0 Å². The summed E-state index contributed by atoms with van der Waals surface area (Å²) in [5.41, 5.74) is 2.95. The van der Waals surface area contributed by atoms with Gasteiger partial charge in [-0.3, -0.25) is 0 Å². The maximum absolute atomic E-state index is 4.70. The Morgan fingerprint density at radius 1 is 0.926 bits per heavy atom. The summed E-state index contributed by atoms with van der Waals surface area (Å²) in [6.07, 6.45) is 5.23. The summed E-state index contributed by atoms with van der Waals surface area (Å²) in [6.45, 7) is 5.60. The molecular formula is C20H19N7. The lowest BCUT2D eigenvalue weighted by Gasteiger charge is -2.37. The molecule has 0 bridgehead atoms. The number of aromatic nitrogens is 5. The standard InChI is InChI=1S/C20H19N7/c1-14-24-19-17(3-2-6-22-19)20(25-14)27-9-7-26(8-10-27)16-4-5-18-15(11-16)12-21-13-23-18/h2-6,11-13H,7-10H2,1H3. The fraction of sp³-hybridized carbons (Fsp3) is 0.250. The summed E-state index contributed by atoms with van der Waals surface area (Å²) in [7, 11) is 0. The number of piperazine rings is 1. The van der Waals surface area contributed by atoms with E-state index in [0.717, 1.165) is 59.8 Å². The summed E-state index contributed by atoms with van der Waals surface area (Å²) in [5, 5.41) is 2.08. The zero-order chi connectivity index (χ0) is 18.2. The number of rotatable bonds is 2. The van der Waals surface area contributed by atoms with Gasteiger partial charge in [-0.2, -0.15) is 0 Å². The third-order valence-electron chi connectivity index (χ3n) is 5.00. The van der Waals surface area contributed by atoms with E-state index in [9.17, 15) is 0 Å². The van der Waals surface area contributed by atoms with E-state index < -0.39 is 0 Å². The maximum atomic E-state index is 4.70. The van der Waals surface area contributed by atoms with Crippen molar-refractivity contribution in [1.29, 1.82) is 0 Å². The van der Waals surface area contributed by atoms with Gasteiger partial charge in [0.2, 0.25) is 0 Å². The van der Waals surface area contributed by atoms with Crippen molar-refractivity contribution >= 4 is 33.4 Å². The van der Waals surface area contributed by atoms with E-state index in [2.05, 4.69) is 47.9 Å². The molecule has 0 unspecified atom stereocenters. The molecule has 0 amide bonds. The van der Waals surface area contributed by atoms with Crippen molar-refractivity contribution < 1.29 is 0 Å². The quantitative estimate of drug-likeness (QED) is 0.546. The van der Waals surface area contributed by atoms with Gasteiger partial charge in [0.05, 0.1) is 10.9 Å². The third kappa shape index (κ3) is 2.91. The van der Waals surface area contributed by atoms with Crippen molar-refractivity contribution in [3.05, 3.63) is 54.9 Å². The lowest BCUT2D eigenvalue weighted by molar-refractivity contribution is 0.648. The minimum absolute atomic E-state index is 0.758. The zero-order valence-corrected chi connectivity index (χ0v) is 15.1. The van der Waals surface area contributed by atoms with Crippen LogP contribution in [0.5, 0.6) is 0 Å². The fourth-order valence-corrected chi connectivity index (χ4v) is 3.64. The second-order valence-corrected chi connectivity index (χ2v) is 6.71. The first-order valence-corrected chi connectivity index (χ1v) is 9.07. The molecule has 1 fully saturated rings. The normalized spacial score (nSPS) is 14.9. The number of benzene rings is 1. The molecule has 1 saturated heterocycles. The van der Waals surface area contributed by atoms with Crippen molar-refractivity contribution in [3.63, 3.8) is 0 Å². The van der Waals surface area contributed by atoms with Crippen LogP contribution in [0.4, 0.5) is 11.5 Å². The zero-order valence-electron chi connectivity index (χ0n) is 15.1. The van der Waals surface area contributed by atoms with Crippen LogP contribution in [-0.4, -0.2) is 51.1 Å². The molecule has 4 heterocycles. The fourth-order valence-electron chi connectivity index (χ4n) is 3.64. The van der Waals surface area contributed by atoms with E-state index in [1.165, 1.54) is 5.69 Å². The van der Waals surface area contributed by atoms with E-state index in [1.54, 1.807) is 12.5 Å². The first-order chi connectivity index (χ1) is 13.3. The summed E-state index contributed by atoms with van der Waals surface area (Å²) >= 11 is 0. The van der Waals surface area contributed by atoms with Crippen LogP contribution in [0.1, 0.15) is 5.82 Å². The van der Waals surface area contributed by atoms with Crippen LogP contribution in [0, 0.1) is 6.92 Å². The smallest absolute Gasteiger partial charge is 0.164 e. The molecule has 0 radical (unpaired) electrons. The van der Waals surface area contributed by atoms with E-state index in [4.69, 9.17) is 4.98 Å². The van der Waals surface area contributed by atoms with Crippen LogP contribution in [-0.2, 0) is 0 Å². The molecule has 27 heavy (non-hydrogen) atoms. The topological polar surface area (TPSA) is 70.9 Å². The molecule has 0 atom stereocenters. The monoisotopic (exact) mass is 357 g/mol. The van der Waals surface area contributed by atoms with E-state index in [0.29, 0.717) is 0 Å². The van der Waals surface area contributed by atoms with Crippen molar-refractivity contribution in [1.82, 2.24) is 24.9 Å². The molecule has 0 aliphatic carbocycles. The Morgan fingerprint density at radius 2 is 1.78 bits per heavy atom. The maximum Gasteiger partial charge on any atom is 0.164 e. The Hall–Kier alpha value is -3.35. The molecule has 0 spiro atoms. The van der Waals surface area contributed by atoms with Gasteiger partial charge >= 0.3 is 0 Å². The molecule has 0 N–H and O–H groups in total. The average Bonchev–Trinajstić information content (AvgIpc) is 2.73. The van der Waals surface area contributed by atoms with Gasteiger partial charge in [-0.15, -0.1) is 0 Å². The summed E-state index contributed by atoms with van der Waals surface area (Å²) in [5.74, 6) is 1.74. The first kappa shape index (κ1) is 15.9. The third-order valence-corrected chi connectivity index (χ3v) is 5.00. The van der Waals surface area contributed by atoms with Crippen LogP contribution in [0.15, 0.2) is 49.1 Å². The molecule has 7 heteroatoms. The molecule has 1 aliphatic heterocycles. The average molecular weight is 357 g/mol. The summed E-state index contributed by atoms with van der Waals surface area (Å²) in [4.78, 5) is 26.7. The van der Waals surface area contributed by atoms with Crippen LogP contribution in [0.2, 0.25) is 0 Å². The highest BCUT2D eigenvalue weighted by atomic mass is 15.3. The Balaban J connectivity index is 1.40. The van der Waals surface area contributed by atoms with Gasteiger partial charge < -0.3 is 9.80 Å². The number of nitrogens with zero attached hydrogens (tertiary/aromatic N) is 7. The molecule has 1 aromatic carbocycles. The number of anilines is 2. The van der Waals surface area contributed by atoms with Crippen LogP contribution in [0.25, 0.3) is 21.9 Å². The molecule has 0 saturated carbocycles. The second-order valence-electron chi connectivity index (χ2n) is 6.71. The Bertz CT molecular complexity index is 1120. The number of fused-ring (bicyclic) bond motifs is 2. The van der Waals surface area contributed by atoms with Gasteiger partial charge in [0.15, 0.2) is 5.65 Å². The van der Waals surface area contributed by atoms with Crippen molar-refractivity contribution in [2.45, 2.75) is 6.92 Å². The predicted molar refractivity (Wildman–Crippen MR) is 106 cm³/mol. The lowest BCUT2D eigenvalue weighted by Crippen LogP contribution is -2.47. The van der Waals surface area contributed by atoms with Gasteiger partial charge in [-0.25, -0.2) is 24.9 Å². The highest BCUT2D eigenvalue weighted by molar-refractivity contribution is 5.87. The second kappa shape index (κ2) is 6.42. The van der Waals surface area contributed by atoms with E-state index in [1.807, 2.05) is 25.3 Å². The van der Waals surface area contributed by atoms with Crippen LogP contribution < -0.4 is 9.80 Å². The predicted octanol–water partition coefficient (Wildman–Crippen LogP) is 2.60. The number of pyridine rings is 1. The van der Waals surface area contributed by atoms with Gasteiger partial charge in [-0.1, -0.05) is 0 Å². The van der Waals surface area contributed by atoms with Crippen LogP contribution >= 0.6 is 0 Å². The number of hydrogen-bond acceptors (Lipinski definition) is 7. The minimum Gasteiger partial charge on any atom is -0.368 e. The molecule has 7 nitrogen and oxygen atoms in total. The van der Waals surface area contributed by atoms with Crippen molar-refractivity contribution in [2.24, 2.45) is 0 Å². The highest BCUT2D eigenvalue weighted by Gasteiger charge is 2.21. The van der Waals surface area contributed by atoms with Gasteiger partial charge in [0, 0.05) is 49.6 Å². The van der Waals surface area contributed by atoms with Gasteiger partial charge in [0.1, 0.15) is 18.0 Å². The van der Waals surface area contributed by atoms with E-state index in [-0.39, 0.29) is 0 Å². The Labute approximate surface area is 156 Å². The molecule has 1 aliphatic rings. The molecule has 134 valence electrons. The summed E-state index contributed by atoms with van der Waals surface area (Å²) < 4.78 is 0. The molecule has 3 aromatic heterocycles. The first-order valence-electron chi connectivity index (χ1n) is 9.07. The minimum atomic E-state index is 0.758.